The fourth-order valence-corrected chi connectivity index (χ4v) is 2.66. The van der Waals surface area contributed by atoms with Gasteiger partial charge in [0, 0.05) is 23.8 Å². The van der Waals surface area contributed by atoms with Gasteiger partial charge in [0.05, 0.1) is 11.0 Å². The van der Waals surface area contributed by atoms with E-state index in [1.165, 1.54) is 0 Å². The SMILES string of the molecule is O=C(NCc1ccc2cc[nH]c2c1)c1ccc2[nH]c(=O)[nH]c2c1. The molecule has 0 bridgehead atoms. The van der Waals surface area contributed by atoms with Crippen molar-refractivity contribution in [2.75, 3.05) is 0 Å². The van der Waals surface area contributed by atoms with Crippen molar-refractivity contribution in [3.8, 4) is 0 Å². The molecule has 23 heavy (non-hydrogen) atoms. The highest BCUT2D eigenvalue weighted by Gasteiger charge is 2.08. The van der Waals surface area contributed by atoms with E-state index in [2.05, 4.69) is 20.3 Å². The number of carbonyl (C=O) groups is 1. The molecule has 0 unspecified atom stereocenters. The molecule has 0 aliphatic rings. The smallest absolute Gasteiger partial charge is 0.323 e. The normalized spacial score (nSPS) is 11.1. The zero-order valence-corrected chi connectivity index (χ0v) is 12.1. The highest BCUT2D eigenvalue weighted by atomic mass is 16.2. The van der Waals surface area contributed by atoms with Crippen molar-refractivity contribution < 1.29 is 4.79 Å². The topological polar surface area (TPSA) is 93.5 Å². The molecule has 0 saturated carbocycles. The van der Waals surface area contributed by atoms with Gasteiger partial charge in [0.1, 0.15) is 0 Å². The Morgan fingerprint density at radius 3 is 2.74 bits per heavy atom. The number of aromatic nitrogens is 3. The molecule has 2 aromatic heterocycles. The lowest BCUT2D eigenvalue weighted by Gasteiger charge is -2.06. The van der Waals surface area contributed by atoms with Crippen LogP contribution in [0.5, 0.6) is 0 Å². The number of benzene rings is 2. The van der Waals surface area contributed by atoms with Crippen LogP contribution in [0.3, 0.4) is 0 Å². The van der Waals surface area contributed by atoms with Crippen LogP contribution in [-0.2, 0) is 6.54 Å². The van der Waals surface area contributed by atoms with Crippen LogP contribution in [0, 0.1) is 0 Å². The van der Waals surface area contributed by atoms with Crippen molar-refractivity contribution in [2.24, 2.45) is 0 Å². The van der Waals surface area contributed by atoms with Crippen LogP contribution in [-0.4, -0.2) is 20.9 Å². The van der Waals surface area contributed by atoms with Gasteiger partial charge in [-0.3, -0.25) is 4.79 Å². The van der Waals surface area contributed by atoms with E-state index in [0.717, 1.165) is 16.5 Å². The van der Waals surface area contributed by atoms with Crippen molar-refractivity contribution in [2.45, 2.75) is 6.54 Å². The quantitative estimate of drug-likeness (QED) is 0.467. The molecule has 0 aliphatic heterocycles. The minimum absolute atomic E-state index is 0.180. The molecule has 0 fully saturated rings. The second kappa shape index (κ2) is 5.17. The maximum atomic E-state index is 12.3. The Hall–Kier alpha value is -3.28. The number of amides is 1. The van der Waals surface area contributed by atoms with Gasteiger partial charge >= 0.3 is 5.69 Å². The molecule has 0 spiro atoms. The van der Waals surface area contributed by atoms with Gasteiger partial charge in [0.15, 0.2) is 0 Å². The Kier molecular flexibility index (Phi) is 3.01. The molecule has 2 aromatic carbocycles. The van der Waals surface area contributed by atoms with E-state index in [1.807, 2.05) is 30.5 Å². The lowest BCUT2D eigenvalue weighted by atomic mass is 10.1. The number of carbonyl (C=O) groups excluding carboxylic acids is 1. The number of fused-ring (bicyclic) bond motifs is 2. The molecule has 2 heterocycles. The summed E-state index contributed by atoms with van der Waals surface area (Å²) < 4.78 is 0. The van der Waals surface area contributed by atoms with Gasteiger partial charge in [0.2, 0.25) is 0 Å². The van der Waals surface area contributed by atoms with Crippen molar-refractivity contribution >= 4 is 27.8 Å². The van der Waals surface area contributed by atoms with E-state index in [-0.39, 0.29) is 11.6 Å². The first kappa shape index (κ1) is 13.4. The minimum atomic E-state index is -0.281. The Balaban J connectivity index is 1.52. The van der Waals surface area contributed by atoms with Crippen molar-refractivity contribution in [1.82, 2.24) is 20.3 Å². The molecule has 0 saturated heterocycles. The van der Waals surface area contributed by atoms with Crippen LogP contribution in [0.1, 0.15) is 15.9 Å². The molecule has 6 heteroatoms. The van der Waals surface area contributed by atoms with Crippen LogP contribution in [0.15, 0.2) is 53.5 Å². The first-order valence-electron chi connectivity index (χ1n) is 7.25. The first-order chi connectivity index (χ1) is 11.2. The Bertz CT molecular complexity index is 1070. The maximum absolute atomic E-state index is 12.3. The molecular weight excluding hydrogens is 292 g/mol. The predicted octanol–water partition coefficient (Wildman–Crippen LogP) is 2.27. The fraction of sp³-hybridized carbons (Fsp3) is 0.0588. The van der Waals surface area contributed by atoms with E-state index in [4.69, 9.17) is 0 Å². The van der Waals surface area contributed by atoms with Gasteiger partial charge in [-0.25, -0.2) is 4.79 Å². The molecule has 4 aromatic rings. The monoisotopic (exact) mass is 306 g/mol. The highest BCUT2D eigenvalue weighted by Crippen LogP contribution is 2.14. The summed E-state index contributed by atoms with van der Waals surface area (Å²) in [6, 6.07) is 13.1. The third kappa shape index (κ3) is 2.50. The van der Waals surface area contributed by atoms with Crippen molar-refractivity contribution in [1.29, 1.82) is 0 Å². The van der Waals surface area contributed by atoms with E-state index >= 15 is 0 Å². The second-order valence-corrected chi connectivity index (χ2v) is 5.42. The van der Waals surface area contributed by atoms with E-state index < -0.39 is 0 Å². The Labute approximate surface area is 130 Å². The average Bonchev–Trinajstić information content (AvgIpc) is 3.16. The third-order valence-electron chi connectivity index (χ3n) is 3.85. The summed E-state index contributed by atoms with van der Waals surface area (Å²) in [5.41, 5.74) is 3.59. The summed E-state index contributed by atoms with van der Waals surface area (Å²) in [5.74, 6) is -0.180. The van der Waals surface area contributed by atoms with E-state index in [0.29, 0.717) is 23.1 Å². The maximum Gasteiger partial charge on any atom is 0.323 e. The van der Waals surface area contributed by atoms with Crippen LogP contribution in [0.4, 0.5) is 0 Å². The van der Waals surface area contributed by atoms with Crippen LogP contribution >= 0.6 is 0 Å². The summed E-state index contributed by atoms with van der Waals surface area (Å²) in [7, 11) is 0. The lowest BCUT2D eigenvalue weighted by molar-refractivity contribution is 0.0951. The molecule has 0 radical (unpaired) electrons. The summed E-state index contributed by atoms with van der Waals surface area (Å²) in [6.45, 7) is 0.440. The van der Waals surface area contributed by atoms with Crippen molar-refractivity contribution in [3.05, 3.63) is 70.3 Å². The summed E-state index contributed by atoms with van der Waals surface area (Å²) in [4.78, 5) is 32.0. The molecule has 0 aliphatic carbocycles. The minimum Gasteiger partial charge on any atom is -0.361 e. The van der Waals surface area contributed by atoms with Gasteiger partial charge in [-0.1, -0.05) is 12.1 Å². The van der Waals surface area contributed by atoms with E-state index in [1.54, 1.807) is 18.2 Å². The second-order valence-electron chi connectivity index (χ2n) is 5.42. The zero-order chi connectivity index (χ0) is 15.8. The number of H-pyrrole nitrogens is 3. The first-order valence-corrected chi connectivity index (χ1v) is 7.25. The third-order valence-corrected chi connectivity index (χ3v) is 3.85. The van der Waals surface area contributed by atoms with Crippen LogP contribution < -0.4 is 11.0 Å². The summed E-state index contributed by atoms with van der Waals surface area (Å²) >= 11 is 0. The summed E-state index contributed by atoms with van der Waals surface area (Å²) in [6.07, 6.45) is 1.89. The van der Waals surface area contributed by atoms with E-state index in [9.17, 15) is 9.59 Å². The predicted molar refractivity (Wildman–Crippen MR) is 88.4 cm³/mol. The van der Waals surface area contributed by atoms with Gasteiger partial charge in [-0.05, 0) is 41.3 Å². The average molecular weight is 306 g/mol. The number of hydrogen-bond donors (Lipinski definition) is 4. The molecule has 114 valence electrons. The van der Waals surface area contributed by atoms with Crippen LogP contribution in [0.25, 0.3) is 21.9 Å². The number of aromatic amines is 3. The fourth-order valence-electron chi connectivity index (χ4n) is 2.66. The Morgan fingerprint density at radius 2 is 1.83 bits per heavy atom. The highest BCUT2D eigenvalue weighted by molar-refractivity contribution is 5.97. The standard InChI is InChI=1S/C17H14N4O2/c22-16(12-3-4-13-15(8-12)21-17(23)20-13)19-9-10-1-2-11-5-6-18-14(11)7-10/h1-8,18H,9H2,(H,19,22)(H2,20,21,23). The Morgan fingerprint density at radius 1 is 0.957 bits per heavy atom. The molecule has 4 rings (SSSR count). The van der Waals surface area contributed by atoms with Gasteiger partial charge in [0.25, 0.3) is 5.91 Å². The number of nitrogens with one attached hydrogen (secondary N) is 4. The number of imidazole rings is 1. The molecule has 6 nitrogen and oxygen atoms in total. The molecular formula is C17H14N4O2. The molecule has 1 amide bonds. The van der Waals surface area contributed by atoms with Gasteiger partial charge in [-0.2, -0.15) is 0 Å². The molecule has 4 N–H and O–H groups in total. The summed E-state index contributed by atoms with van der Waals surface area (Å²) in [5, 5.41) is 4.03. The largest absolute Gasteiger partial charge is 0.361 e. The lowest BCUT2D eigenvalue weighted by Crippen LogP contribution is -2.22. The van der Waals surface area contributed by atoms with Crippen molar-refractivity contribution in [3.63, 3.8) is 0 Å². The van der Waals surface area contributed by atoms with Crippen LogP contribution in [0.2, 0.25) is 0 Å². The number of hydrogen-bond acceptors (Lipinski definition) is 2. The number of rotatable bonds is 3. The van der Waals surface area contributed by atoms with Gasteiger partial charge in [-0.15, -0.1) is 0 Å². The van der Waals surface area contributed by atoms with Gasteiger partial charge < -0.3 is 20.3 Å². The molecule has 0 atom stereocenters. The zero-order valence-electron chi connectivity index (χ0n) is 12.1.